The Hall–Kier alpha value is -2.64. The molecule has 0 atom stereocenters. The van der Waals surface area contributed by atoms with Crippen molar-refractivity contribution in [2.24, 2.45) is 5.41 Å². The molecule has 1 fully saturated rings. The average molecular weight is 470 g/mol. The monoisotopic (exact) mass is 469 g/mol. The summed E-state index contributed by atoms with van der Waals surface area (Å²) < 4.78 is 38.5. The van der Waals surface area contributed by atoms with Crippen molar-refractivity contribution in [2.75, 3.05) is 26.8 Å². The third-order valence-corrected chi connectivity index (χ3v) is 8.86. The number of hydrogen-bond acceptors (Lipinski definition) is 5. The van der Waals surface area contributed by atoms with Crippen molar-refractivity contribution >= 4 is 21.6 Å². The van der Waals surface area contributed by atoms with Crippen LogP contribution >= 0.6 is 0 Å². The second-order valence-electron chi connectivity index (χ2n) is 9.18. The molecule has 2 aromatic rings. The Labute approximate surface area is 196 Å². The number of rotatable bonds is 6. The number of carbonyl (C=O) groups excluding carboxylic acids is 1. The molecule has 0 amide bonds. The number of piperidine rings is 1. The van der Waals surface area contributed by atoms with Crippen LogP contribution in [-0.2, 0) is 25.0 Å². The zero-order valence-corrected chi connectivity index (χ0v) is 20.4. The number of methoxy groups -OCH3 is 1. The quantitative estimate of drug-likeness (QED) is 0.586. The van der Waals surface area contributed by atoms with Crippen LogP contribution in [0.5, 0.6) is 5.75 Å². The largest absolute Gasteiger partial charge is 0.497 e. The molecule has 0 saturated carbocycles. The Bertz CT molecular complexity index is 1170. The Morgan fingerprint density at radius 2 is 1.70 bits per heavy atom. The number of sulfonamides is 1. The van der Waals surface area contributed by atoms with Gasteiger partial charge in [-0.15, -0.1) is 0 Å². The van der Waals surface area contributed by atoms with Gasteiger partial charge in [-0.1, -0.05) is 30.3 Å². The highest BCUT2D eigenvalue weighted by Gasteiger charge is 2.47. The molecule has 0 N–H and O–H groups in total. The summed E-state index contributed by atoms with van der Waals surface area (Å²) in [6, 6.07) is 14.7. The Kier molecular flexibility index (Phi) is 6.14. The van der Waals surface area contributed by atoms with Crippen molar-refractivity contribution in [3.63, 3.8) is 0 Å². The maximum atomic E-state index is 13.2. The molecule has 2 aliphatic rings. The van der Waals surface area contributed by atoms with Crippen LogP contribution in [0, 0.1) is 5.41 Å². The van der Waals surface area contributed by atoms with E-state index in [9.17, 15) is 13.2 Å². The summed E-state index contributed by atoms with van der Waals surface area (Å²) in [6.07, 6.45) is 3.51. The van der Waals surface area contributed by atoms with Crippen LogP contribution in [0.2, 0.25) is 0 Å². The summed E-state index contributed by atoms with van der Waals surface area (Å²) in [6.45, 7) is 6.76. The molecule has 33 heavy (non-hydrogen) atoms. The third kappa shape index (κ3) is 3.97. The second-order valence-corrected chi connectivity index (χ2v) is 11.1. The lowest BCUT2D eigenvalue weighted by Gasteiger charge is -2.38. The van der Waals surface area contributed by atoms with Crippen molar-refractivity contribution in [1.82, 2.24) is 4.31 Å². The minimum absolute atomic E-state index is 0.248. The zero-order chi connectivity index (χ0) is 23.9. The lowest BCUT2D eigenvalue weighted by atomic mass is 9.75. The minimum atomic E-state index is -3.59. The summed E-state index contributed by atoms with van der Waals surface area (Å²) in [7, 11) is -2.04. The third-order valence-electron chi connectivity index (χ3n) is 6.95. The Balaban J connectivity index is 1.63. The van der Waals surface area contributed by atoms with Gasteiger partial charge in [-0.2, -0.15) is 4.31 Å². The van der Waals surface area contributed by atoms with Gasteiger partial charge in [-0.3, -0.25) is 4.79 Å². The van der Waals surface area contributed by atoms with Crippen molar-refractivity contribution in [3.05, 3.63) is 65.7 Å². The van der Waals surface area contributed by atoms with Crippen LogP contribution in [0.1, 0.15) is 44.7 Å². The van der Waals surface area contributed by atoms with E-state index in [2.05, 4.69) is 18.2 Å². The summed E-state index contributed by atoms with van der Waals surface area (Å²) >= 11 is 0. The maximum absolute atomic E-state index is 13.2. The lowest BCUT2D eigenvalue weighted by molar-refractivity contribution is -0.150. The molecule has 1 aliphatic heterocycles. The van der Waals surface area contributed by atoms with Gasteiger partial charge in [0.15, 0.2) is 0 Å². The molecule has 0 aromatic heterocycles. The summed E-state index contributed by atoms with van der Waals surface area (Å²) in [5, 5.41) is 0. The van der Waals surface area contributed by atoms with E-state index in [1.165, 1.54) is 5.56 Å². The predicted molar refractivity (Wildman–Crippen MR) is 127 cm³/mol. The van der Waals surface area contributed by atoms with Gasteiger partial charge in [-0.25, -0.2) is 8.42 Å². The molecule has 1 spiro atoms. The van der Waals surface area contributed by atoms with Gasteiger partial charge in [0.05, 0.1) is 24.0 Å². The van der Waals surface area contributed by atoms with Crippen LogP contribution < -0.4 is 4.74 Å². The SMILES string of the molecule is CCOC(=O)C(C)(C)C1=CC2(CCN(S(=O)(=O)c3ccc(OC)cc3)CC2)c2ccccc21. The van der Waals surface area contributed by atoms with Crippen LogP contribution in [0.25, 0.3) is 5.57 Å². The minimum Gasteiger partial charge on any atom is -0.497 e. The van der Waals surface area contributed by atoms with Gasteiger partial charge in [0.1, 0.15) is 5.75 Å². The smallest absolute Gasteiger partial charge is 0.315 e. The molecule has 7 heteroatoms. The van der Waals surface area contributed by atoms with Gasteiger partial charge < -0.3 is 9.47 Å². The number of carbonyl (C=O) groups is 1. The number of benzene rings is 2. The molecule has 2 aromatic carbocycles. The molecule has 1 saturated heterocycles. The topological polar surface area (TPSA) is 72.9 Å². The van der Waals surface area contributed by atoms with Gasteiger partial charge in [0, 0.05) is 18.5 Å². The van der Waals surface area contributed by atoms with Gasteiger partial charge in [0.25, 0.3) is 0 Å². The van der Waals surface area contributed by atoms with Gasteiger partial charge >= 0.3 is 5.97 Å². The molecule has 0 unspecified atom stereocenters. The molecule has 6 nitrogen and oxygen atoms in total. The highest BCUT2D eigenvalue weighted by Crippen LogP contribution is 2.52. The molecule has 176 valence electrons. The standard InChI is InChI=1S/C26H31NO5S/c1-5-32-24(28)25(2,3)23-18-26(22-9-7-6-8-21(22)23)14-16-27(17-15-26)33(29,30)20-12-10-19(31-4)11-13-20/h6-13,18H,5,14-17H2,1-4H3. The fraction of sp³-hybridized carbons (Fsp3) is 0.423. The van der Waals surface area contributed by atoms with Crippen LogP contribution in [0.4, 0.5) is 0 Å². The van der Waals surface area contributed by atoms with Crippen LogP contribution in [-0.4, -0.2) is 45.5 Å². The fourth-order valence-electron chi connectivity index (χ4n) is 4.96. The molecular formula is C26H31NO5S. The Morgan fingerprint density at radius 1 is 1.06 bits per heavy atom. The van der Waals surface area contributed by atoms with Crippen LogP contribution in [0.15, 0.2) is 59.5 Å². The number of esters is 1. The molecule has 4 rings (SSSR count). The zero-order valence-electron chi connectivity index (χ0n) is 19.6. The van der Waals surface area contributed by atoms with Crippen LogP contribution in [0.3, 0.4) is 0 Å². The normalized spacial score (nSPS) is 18.0. The summed E-state index contributed by atoms with van der Waals surface area (Å²) in [5.74, 6) is 0.374. The van der Waals surface area contributed by atoms with E-state index in [1.54, 1.807) is 35.7 Å². The fourth-order valence-corrected chi connectivity index (χ4v) is 6.40. The summed E-state index contributed by atoms with van der Waals surface area (Å²) in [5.41, 5.74) is 2.10. The first-order chi connectivity index (χ1) is 15.7. The first kappa shape index (κ1) is 23.5. The molecule has 0 bridgehead atoms. The lowest BCUT2D eigenvalue weighted by Crippen LogP contribution is -2.43. The van der Waals surface area contributed by atoms with E-state index < -0.39 is 15.4 Å². The number of fused-ring (bicyclic) bond motifs is 2. The van der Waals surface area contributed by atoms with Gasteiger partial charge in [0.2, 0.25) is 10.0 Å². The number of allylic oxidation sites excluding steroid dienone is 1. The molecular weight excluding hydrogens is 438 g/mol. The van der Waals surface area contributed by atoms with Crippen molar-refractivity contribution in [2.45, 2.75) is 43.9 Å². The number of hydrogen-bond donors (Lipinski definition) is 0. The highest BCUT2D eigenvalue weighted by molar-refractivity contribution is 7.89. The second kappa shape index (κ2) is 8.61. The van der Waals surface area contributed by atoms with E-state index in [-0.39, 0.29) is 16.3 Å². The molecule has 1 aliphatic carbocycles. The van der Waals surface area contributed by atoms with Crippen molar-refractivity contribution < 1.29 is 22.7 Å². The first-order valence-electron chi connectivity index (χ1n) is 11.3. The van der Waals surface area contributed by atoms with E-state index in [4.69, 9.17) is 9.47 Å². The molecule has 0 radical (unpaired) electrons. The van der Waals surface area contributed by atoms with Crippen molar-refractivity contribution in [3.8, 4) is 5.75 Å². The summed E-state index contributed by atoms with van der Waals surface area (Å²) in [4.78, 5) is 13.0. The van der Waals surface area contributed by atoms with E-state index >= 15 is 0 Å². The van der Waals surface area contributed by atoms with Gasteiger partial charge in [-0.05, 0) is 74.6 Å². The highest BCUT2D eigenvalue weighted by atomic mass is 32.2. The number of nitrogens with zero attached hydrogens (tertiary/aromatic N) is 1. The van der Waals surface area contributed by atoms with E-state index in [1.807, 2.05) is 32.9 Å². The maximum Gasteiger partial charge on any atom is 0.315 e. The predicted octanol–water partition coefficient (Wildman–Crippen LogP) is 4.40. The van der Waals surface area contributed by atoms with Crippen molar-refractivity contribution in [1.29, 1.82) is 0 Å². The average Bonchev–Trinajstić information content (AvgIpc) is 3.14. The van der Waals surface area contributed by atoms with E-state index in [0.717, 1.165) is 11.1 Å². The van der Waals surface area contributed by atoms with E-state index in [0.29, 0.717) is 38.3 Å². The first-order valence-corrected chi connectivity index (χ1v) is 12.7. The molecule has 1 heterocycles. The Morgan fingerprint density at radius 3 is 2.30 bits per heavy atom. The number of ether oxygens (including phenoxy) is 2.